The molecule has 1 aliphatic heterocycles. The highest BCUT2D eigenvalue weighted by molar-refractivity contribution is 5.74. The van der Waals surface area contributed by atoms with Crippen molar-refractivity contribution < 1.29 is 26.3 Å². The van der Waals surface area contributed by atoms with Gasteiger partial charge in [0.05, 0.1) is 14.8 Å². The Hall–Kier alpha value is -2.60. The zero-order valence-electron chi connectivity index (χ0n) is 26.8. The minimum absolute atomic E-state index is 0.0122. The van der Waals surface area contributed by atoms with Gasteiger partial charge in [-0.25, -0.2) is 9.18 Å². The van der Waals surface area contributed by atoms with Crippen molar-refractivity contribution in [2.24, 2.45) is 5.92 Å². The summed E-state index contributed by atoms with van der Waals surface area (Å²) in [4.78, 5) is 15.8. The molecule has 1 fully saturated rings. The van der Waals surface area contributed by atoms with Gasteiger partial charge in [0.25, 0.3) is 0 Å². The van der Waals surface area contributed by atoms with Crippen molar-refractivity contribution in [1.82, 2.24) is 15.1 Å². The molecule has 6 heteroatoms. The first-order valence-electron chi connectivity index (χ1n) is 14.9. The van der Waals surface area contributed by atoms with E-state index in [0.29, 0.717) is 0 Å². The normalized spacial score (nSPS) is 20.2. The molecular weight excluding hydrogens is 393 g/mol. The average Bonchev–Trinajstić information content (AvgIpc) is 2.87. The predicted octanol–water partition coefficient (Wildman–Crippen LogP) is 4.67. The second-order valence-electron chi connectivity index (χ2n) is 7.88. The van der Waals surface area contributed by atoms with E-state index in [1.54, 1.807) is 0 Å². The fraction of sp³-hybridized carbons (Fsp3) is 0.480. The van der Waals surface area contributed by atoms with E-state index in [2.05, 4.69) is 5.32 Å². The molecule has 0 atom stereocenters. The first-order valence-corrected chi connectivity index (χ1v) is 10.4. The van der Waals surface area contributed by atoms with Crippen molar-refractivity contribution in [3.05, 3.63) is 65.4 Å². The van der Waals surface area contributed by atoms with Gasteiger partial charge in [-0.05, 0) is 74.2 Å². The van der Waals surface area contributed by atoms with E-state index in [1.807, 2.05) is 13.8 Å². The summed E-state index contributed by atoms with van der Waals surface area (Å²) in [6.07, 6.45) is 0.324. The number of piperidine rings is 1. The summed E-state index contributed by atoms with van der Waals surface area (Å²) in [5, 5.41) is 2.53. The largest absolute Gasteiger partial charge is 0.493 e. The van der Waals surface area contributed by atoms with Gasteiger partial charge >= 0.3 is 6.03 Å². The number of nitrogens with zero attached hydrogens (tertiary/aromatic N) is 2. The van der Waals surface area contributed by atoms with Gasteiger partial charge in [-0.15, -0.1) is 0 Å². The van der Waals surface area contributed by atoms with E-state index in [0.717, 1.165) is 17.0 Å². The number of rotatable bonds is 8. The van der Waals surface area contributed by atoms with Crippen molar-refractivity contribution in [3.8, 4) is 5.75 Å². The third kappa shape index (κ3) is 7.24. The maximum absolute atomic E-state index is 13.6. The summed E-state index contributed by atoms with van der Waals surface area (Å²) in [6, 6.07) is 1.45. The number of carbonyl (C=O) groups is 1. The zero-order chi connectivity index (χ0) is 30.0. The van der Waals surface area contributed by atoms with Crippen LogP contribution >= 0.6 is 0 Å². The van der Waals surface area contributed by atoms with E-state index in [1.165, 1.54) is 17.0 Å². The summed E-state index contributed by atoms with van der Waals surface area (Å²) >= 11 is 0. The van der Waals surface area contributed by atoms with Crippen molar-refractivity contribution in [3.63, 3.8) is 0 Å². The van der Waals surface area contributed by atoms with Crippen molar-refractivity contribution in [1.29, 1.82) is 0 Å². The number of carbonyl (C=O) groups excluding carboxylic acids is 1. The highest BCUT2D eigenvalue weighted by Crippen LogP contribution is 2.19. The summed E-state index contributed by atoms with van der Waals surface area (Å²) in [5.41, 5.74) is -0.0852. The molecule has 3 rings (SSSR count). The lowest BCUT2D eigenvalue weighted by atomic mass is 10.0. The van der Waals surface area contributed by atoms with Gasteiger partial charge in [0.2, 0.25) is 0 Å². The second kappa shape index (κ2) is 11.1. The standard InChI is InChI=1S/C25H34FN3O2/c1-19(2)18-31-24-10-6-20(7-11-24)16-27-25(30)29(23-12-14-28(3)15-13-23)17-21-4-8-22(26)9-5-21/h4-11,19,23H,12-18H2,1-3H3,(H,27,30)/i3D3,6D,7D,10D,11D,17D2. The molecule has 31 heavy (non-hydrogen) atoms. The summed E-state index contributed by atoms with van der Waals surface area (Å²) in [5.74, 6) is -0.672. The molecule has 1 heterocycles. The Morgan fingerprint density at radius 1 is 1.26 bits per heavy atom. The average molecular weight is 437 g/mol. The van der Waals surface area contributed by atoms with Crippen LogP contribution in [-0.2, 0) is 13.0 Å². The third-order valence-corrected chi connectivity index (χ3v) is 4.77. The van der Waals surface area contributed by atoms with Gasteiger partial charge in [0, 0.05) is 23.2 Å². The number of nitrogens with one attached hydrogen (secondary N) is 1. The van der Waals surface area contributed by atoms with Crippen molar-refractivity contribution in [2.45, 2.75) is 45.8 Å². The Labute approximate surface area is 197 Å². The van der Waals surface area contributed by atoms with Crippen molar-refractivity contribution in [2.75, 3.05) is 26.7 Å². The minimum Gasteiger partial charge on any atom is -0.493 e. The summed E-state index contributed by atoms with van der Waals surface area (Å²) in [6.45, 7) is -1.03. The van der Waals surface area contributed by atoms with Gasteiger partial charge in [0.1, 0.15) is 11.6 Å². The molecular formula is C25H34FN3O2. The SMILES string of the molecule is [2H]c1c([2H])c(OCC(C)C)c([2H])c([2H])c1CNC(=O)N(C1CCN(C([2H])([2H])[2H])CC1)C([2H])([2H])c1ccc(F)cc1. The number of hydrogen-bond acceptors (Lipinski definition) is 3. The molecule has 0 saturated carbocycles. The van der Waals surface area contributed by atoms with Crippen molar-refractivity contribution >= 4 is 6.03 Å². The topological polar surface area (TPSA) is 44.8 Å². The van der Waals surface area contributed by atoms with E-state index in [9.17, 15) is 9.18 Å². The van der Waals surface area contributed by atoms with Crippen LogP contribution in [0.25, 0.3) is 0 Å². The quantitative estimate of drug-likeness (QED) is 0.654. The number of hydrogen-bond donors (Lipinski definition) is 1. The molecule has 1 saturated heterocycles. The van der Waals surface area contributed by atoms with Crippen LogP contribution in [0.3, 0.4) is 0 Å². The Balaban J connectivity index is 1.90. The van der Waals surface area contributed by atoms with Crippen LogP contribution in [0, 0.1) is 11.7 Å². The van der Waals surface area contributed by atoms with Gasteiger partial charge in [-0.3, -0.25) is 0 Å². The molecule has 0 unspecified atom stereocenters. The number of benzene rings is 2. The van der Waals surface area contributed by atoms with Crippen LogP contribution in [0.1, 0.15) is 50.2 Å². The first-order chi connectivity index (χ1) is 18.6. The number of halogens is 1. The molecule has 2 aromatic rings. The molecule has 1 N–H and O–H groups in total. The number of likely N-dealkylation sites (tertiary alicyclic amines) is 1. The zero-order valence-corrected chi connectivity index (χ0v) is 17.8. The van der Waals surface area contributed by atoms with E-state index in [4.69, 9.17) is 17.1 Å². The molecule has 0 radical (unpaired) electrons. The van der Waals surface area contributed by atoms with Gasteiger partial charge in [0.15, 0.2) is 0 Å². The summed E-state index contributed by atoms with van der Waals surface area (Å²) in [7, 11) is 0. The molecule has 5 nitrogen and oxygen atoms in total. The lowest BCUT2D eigenvalue weighted by molar-refractivity contribution is 0.127. The Morgan fingerprint density at radius 3 is 2.55 bits per heavy atom. The number of amides is 2. The lowest BCUT2D eigenvalue weighted by Gasteiger charge is -2.37. The fourth-order valence-corrected chi connectivity index (χ4v) is 3.08. The molecule has 0 spiro atoms. The molecule has 168 valence electrons. The summed E-state index contributed by atoms with van der Waals surface area (Å²) < 4.78 is 92.9. The van der Waals surface area contributed by atoms with Crippen LogP contribution < -0.4 is 10.1 Å². The fourth-order valence-electron chi connectivity index (χ4n) is 3.08. The number of ether oxygens (including phenoxy) is 1. The molecule has 0 aromatic heterocycles. The molecule has 0 bridgehead atoms. The number of urea groups is 1. The molecule has 2 aromatic carbocycles. The highest BCUT2D eigenvalue weighted by Gasteiger charge is 2.27. The van der Waals surface area contributed by atoms with Gasteiger partial charge in [-0.1, -0.05) is 38.1 Å². The smallest absolute Gasteiger partial charge is 0.318 e. The van der Waals surface area contributed by atoms with Crippen LogP contribution in [-0.4, -0.2) is 48.5 Å². The van der Waals surface area contributed by atoms with Crippen LogP contribution in [0.5, 0.6) is 5.75 Å². The van der Waals surface area contributed by atoms with E-state index in [-0.39, 0.29) is 79.5 Å². The third-order valence-electron chi connectivity index (χ3n) is 4.77. The molecule has 2 amide bonds. The molecule has 0 aliphatic carbocycles. The van der Waals surface area contributed by atoms with Crippen LogP contribution in [0.15, 0.2) is 48.4 Å². The van der Waals surface area contributed by atoms with Gasteiger partial charge in [-0.2, -0.15) is 0 Å². The Kier molecular flexibility index (Phi) is 4.94. The maximum atomic E-state index is 13.6. The lowest BCUT2D eigenvalue weighted by Crippen LogP contribution is -2.49. The van der Waals surface area contributed by atoms with E-state index < -0.39 is 37.9 Å². The first kappa shape index (κ1) is 13.7. The van der Waals surface area contributed by atoms with Gasteiger partial charge < -0.3 is 19.9 Å². The Morgan fingerprint density at radius 2 is 1.94 bits per heavy atom. The van der Waals surface area contributed by atoms with E-state index >= 15 is 0 Å². The predicted molar refractivity (Wildman–Crippen MR) is 121 cm³/mol. The maximum Gasteiger partial charge on any atom is 0.318 e. The monoisotopic (exact) mass is 436 g/mol. The molecule has 1 aliphatic rings. The second-order valence-corrected chi connectivity index (χ2v) is 7.88. The van der Waals surface area contributed by atoms with Crippen LogP contribution in [0.2, 0.25) is 0 Å². The highest BCUT2D eigenvalue weighted by atomic mass is 19.1. The Bertz CT molecular complexity index is 1170. The minimum atomic E-state index is -2.42. The van der Waals surface area contributed by atoms with Crippen LogP contribution in [0.4, 0.5) is 9.18 Å².